The molecule has 0 bridgehead atoms. The molecular formula is C33H40N2O3. The maximum Gasteiger partial charge on any atom is 0.228 e. The Morgan fingerprint density at radius 2 is 1.76 bits per heavy atom. The van der Waals surface area contributed by atoms with Gasteiger partial charge in [-0.05, 0) is 78.6 Å². The SMILES string of the molecule is COCCCOc1cc(C)cc(CN(C(=O)[C@H]2CNCC[C@@H]2c2cccc(-c3ccccc3)c2)C2CC2)c1. The molecule has 3 aromatic rings. The van der Waals surface area contributed by atoms with E-state index in [9.17, 15) is 4.79 Å². The molecule has 1 amide bonds. The fraction of sp³-hybridized carbons (Fsp3) is 0.424. The number of ether oxygens (including phenoxy) is 2. The quantitative estimate of drug-likeness (QED) is 0.322. The van der Waals surface area contributed by atoms with Crippen LogP contribution in [0.15, 0.2) is 72.8 Å². The molecule has 1 N–H and O–H groups in total. The molecule has 0 spiro atoms. The van der Waals surface area contributed by atoms with Crippen LogP contribution in [0.5, 0.6) is 5.75 Å². The number of hydrogen-bond donors (Lipinski definition) is 1. The van der Waals surface area contributed by atoms with E-state index in [1.807, 2.05) is 6.07 Å². The molecule has 5 nitrogen and oxygen atoms in total. The first kappa shape index (κ1) is 26.5. The third-order valence-electron chi connectivity index (χ3n) is 7.72. The van der Waals surface area contributed by atoms with Gasteiger partial charge in [0.25, 0.3) is 0 Å². The number of piperidine rings is 1. The first-order valence-corrected chi connectivity index (χ1v) is 14.0. The summed E-state index contributed by atoms with van der Waals surface area (Å²) in [6.07, 6.45) is 4.00. The minimum atomic E-state index is -0.0649. The van der Waals surface area contributed by atoms with Crippen LogP contribution in [-0.4, -0.2) is 50.3 Å². The Balaban J connectivity index is 1.34. The molecule has 1 heterocycles. The van der Waals surface area contributed by atoms with Crippen LogP contribution in [0.1, 0.15) is 48.3 Å². The van der Waals surface area contributed by atoms with Crippen LogP contribution in [-0.2, 0) is 16.1 Å². The second-order valence-corrected chi connectivity index (χ2v) is 10.7. The van der Waals surface area contributed by atoms with Crippen LogP contribution in [0.3, 0.4) is 0 Å². The third-order valence-corrected chi connectivity index (χ3v) is 7.72. The van der Waals surface area contributed by atoms with Gasteiger partial charge in [0, 0.05) is 39.3 Å². The molecule has 2 aliphatic rings. The summed E-state index contributed by atoms with van der Waals surface area (Å²) in [6.45, 7) is 5.70. The van der Waals surface area contributed by atoms with Gasteiger partial charge >= 0.3 is 0 Å². The number of nitrogens with zero attached hydrogens (tertiary/aromatic N) is 1. The van der Waals surface area contributed by atoms with Crippen LogP contribution in [0.25, 0.3) is 11.1 Å². The smallest absolute Gasteiger partial charge is 0.228 e. The first-order chi connectivity index (χ1) is 18.6. The second kappa shape index (κ2) is 12.6. The molecule has 0 unspecified atom stereocenters. The Morgan fingerprint density at radius 3 is 2.55 bits per heavy atom. The van der Waals surface area contributed by atoms with Gasteiger partial charge in [0.05, 0.1) is 12.5 Å². The summed E-state index contributed by atoms with van der Waals surface area (Å²) in [4.78, 5) is 16.3. The van der Waals surface area contributed by atoms with Crippen LogP contribution in [0.4, 0.5) is 0 Å². The van der Waals surface area contributed by atoms with Gasteiger partial charge in [-0.2, -0.15) is 0 Å². The average molecular weight is 513 g/mol. The second-order valence-electron chi connectivity index (χ2n) is 10.7. The Kier molecular flexibility index (Phi) is 8.77. The van der Waals surface area contributed by atoms with Gasteiger partial charge in [0.1, 0.15) is 5.75 Å². The molecule has 2 atom stereocenters. The predicted octanol–water partition coefficient (Wildman–Crippen LogP) is 5.96. The number of amides is 1. The fourth-order valence-corrected chi connectivity index (χ4v) is 5.67. The van der Waals surface area contributed by atoms with Gasteiger partial charge in [0.15, 0.2) is 0 Å². The largest absolute Gasteiger partial charge is 0.493 e. The first-order valence-electron chi connectivity index (χ1n) is 14.0. The predicted molar refractivity (Wildman–Crippen MR) is 152 cm³/mol. The highest BCUT2D eigenvalue weighted by Crippen LogP contribution is 2.37. The molecule has 0 radical (unpaired) electrons. The summed E-state index contributed by atoms with van der Waals surface area (Å²) in [5, 5.41) is 3.51. The summed E-state index contributed by atoms with van der Waals surface area (Å²) in [6, 6.07) is 26.0. The van der Waals surface area contributed by atoms with Crippen molar-refractivity contribution in [2.24, 2.45) is 5.92 Å². The van der Waals surface area contributed by atoms with E-state index in [0.29, 0.717) is 25.8 Å². The molecule has 1 aliphatic carbocycles. The highest BCUT2D eigenvalue weighted by atomic mass is 16.5. The minimum Gasteiger partial charge on any atom is -0.493 e. The van der Waals surface area contributed by atoms with Gasteiger partial charge in [0.2, 0.25) is 5.91 Å². The van der Waals surface area contributed by atoms with Gasteiger partial charge in [-0.25, -0.2) is 0 Å². The van der Waals surface area contributed by atoms with Gasteiger partial charge in [-0.3, -0.25) is 4.79 Å². The van der Waals surface area contributed by atoms with Crippen molar-refractivity contribution in [2.75, 3.05) is 33.4 Å². The Hall–Kier alpha value is -3.15. The lowest BCUT2D eigenvalue weighted by Gasteiger charge is -2.36. The highest BCUT2D eigenvalue weighted by molar-refractivity contribution is 5.81. The highest BCUT2D eigenvalue weighted by Gasteiger charge is 2.40. The van der Waals surface area contributed by atoms with E-state index in [-0.39, 0.29) is 17.7 Å². The summed E-state index contributed by atoms with van der Waals surface area (Å²) < 4.78 is 11.1. The zero-order valence-electron chi connectivity index (χ0n) is 22.7. The Bertz CT molecular complexity index is 1210. The Morgan fingerprint density at radius 1 is 0.947 bits per heavy atom. The molecule has 1 aliphatic heterocycles. The van der Waals surface area contributed by atoms with Gasteiger partial charge < -0.3 is 19.7 Å². The van der Waals surface area contributed by atoms with Crippen molar-refractivity contribution < 1.29 is 14.3 Å². The van der Waals surface area contributed by atoms with Crippen molar-refractivity contribution in [2.45, 2.75) is 51.1 Å². The fourth-order valence-electron chi connectivity index (χ4n) is 5.67. The average Bonchev–Trinajstić information content (AvgIpc) is 3.80. The Labute approximate surface area is 227 Å². The maximum atomic E-state index is 14.2. The number of rotatable bonds is 11. The summed E-state index contributed by atoms with van der Waals surface area (Å²) in [7, 11) is 1.71. The van der Waals surface area contributed by atoms with Crippen molar-refractivity contribution in [3.8, 4) is 16.9 Å². The molecule has 3 aromatic carbocycles. The number of carbonyl (C=O) groups is 1. The van der Waals surface area contributed by atoms with Crippen LogP contribution in [0, 0.1) is 12.8 Å². The number of hydrogen-bond acceptors (Lipinski definition) is 4. The van der Waals surface area contributed by atoms with Crippen molar-refractivity contribution in [3.05, 3.63) is 89.5 Å². The van der Waals surface area contributed by atoms with Crippen molar-refractivity contribution in [3.63, 3.8) is 0 Å². The third kappa shape index (κ3) is 6.64. The zero-order chi connectivity index (χ0) is 26.3. The summed E-state index contributed by atoms with van der Waals surface area (Å²) in [5.74, 6) is 1.30. The van der Waals surface area contributed by atoms with E-state index in [1.54, 1.807) is 7.11 Å². The lowest BCUT2D eigenvalue weighted by molar-refractivity contribution is -0.138. The molecule has 1 saturated heterocycles. The van der Waals surface area contributed by atoms with Crippen LogP contribution in [0.2, 0.25) is 0 Å². The summed E-state index contributed by atoms with van der Waals surface area (Å²) >= 11 is 0. The van der Waals surface area contributed by atoms with Gasteiger partial charge in [-0.15, -0.1) is 0 Å². The minimum absolute atomic E-state index is 0.0649. The maximum absolute atomic E-state index is 14.2. The molecule has 2 fully saturated rings. The van der Waals surface area contributed by atoms with Crippen molar-refractivity contribution in [1.82, 2.24) is 10.2 Å². The molecule has 0 aromatic heterocycles. The van der Waals surface area contributed by atoms with Crippen LogP contribution >= 0.6 is 0 Å². The van der Waals surface area contributed by atoms with Crippen molar-refractivity contribution >= 4 is 5.91 Å². The van der Waals surface area contributed by atoms with E-state index in [2.05, 4.69) is 83.9 Å². The standard InChI is InChI=1S/C33H40N2O3/c1-24-18-25(20-30(19-24)38-17-7-16-37-2)23-35(29-12-13-29)33(36)32-22-34-15-14-31(32)28-11-6-10-27(21-28)26-8-4-3-5-9-26/h3-6,8-11,18-21,29,31-32,34H,7,12-17,22-23H2,1-2H3/t31-,32+/m1/s1. The number of methoxy groups -OCH3 is 1. The molecule has 200 valence electrons. The number of nitrogens with one attached hydrogen (secondary N) is 1. The number of benzene rings is 3. The van der Waals surface area contributed by atoms with Gasteiger partial charge in [-0.1, -0.05) is 60.7 Å². The zero-order valence-corrected chi connectivity index (χ0v) is 22.7. The summed E-state index contributed by atoms with van der Waals surface area (Å²) in [5.41, 5.74) is 5.99. The lowest BCUT2D eigenvalue weighted by Crippen LogP contribution is -2.47. The van der Waals surface area contributed by atoms with E-state index in [1.165, 1.54) is 16.7 Å². The van der Waals surface area contributed by atoms with Crippen LogP contribution < -0.4 is 10.1 Å². The molecule has 5 rings (SSSR count). The van der Waals surface area contributed by atoms with E-state index in [0.717, 1.165) is 55.6 Å². The normalized spacial score (nSPS) is 19.2. The molecule has 1 saturated carbocycles. The van der Waals surface area contributed by atoms with E-state index in [4.69, 9.17) is 9.47 Å². The van der Waals surface area contributed by atoms with Crippen molar-refractivity contribution in [1.29, 1.82) is 0 Å². The lowest BCUT2D eigenvalue weighted by atomic mass is 9.79. The van der Waals surface area contributed by atoms with E-state index >= 15 is 0 Å². The molecule has 5 heteroatoms. The number of aryl methyl sites for hydroxylation is 1. The monoisotopic (exact) mass is 512 g/mol. The molecular weight excluding hydrogens is 472 g/mol. The topological polar surface area (TPSA) is 50.8 Å². The number of carbonyl (C=O) groups excluding carboxylic acids is 1. The van der Waals surface area contributed by atoms with E-state index < -0.39 is 0 Å². The molecule has 38 heavy (non-hydrogen) atoms.